The van der Waals surface area contributed by atoms with Gasteiger partial charge in [-0.1, -0.05) is 42.5 Å². The van der Waals surface area contributed by atoms with Crippen molar-refractivity contribution in [2.75, 3.05) is 43.6 Å². The van der Waals surface area contributed by atoms with E-state index in [1.54, 1.807) is 11.3 Å². The number of rotatable bonds is 5. The largest absolute Gasteiger partial charge is 0.370 e. The normalized spacial score (nSPS) is 15.7. The molecule has 28 heavy (non-hydrogen) atoms. The maximum atomic E-state index is 4.58. The highest BCUT2D eigenvalue weighted by Crippen LogP contribution is 2.24. The van der Waals surface area contributed by atoms with Gasteiger partial charge in [-0.15, -0.1) is 11.3 Å². The number of aromatic nitrogens is 1. The average molecular weight is 392 g/mol. The second-order valence-corrected chi connectivity index (χ2v) is 7.87. The summed E-state index contributed by atoms with van der Waals surface area (Å²) in [5.41, 5.74) is 7.48. The molecule has 0 radical (unpaired) electrons. The van der Waals surface area contributed by atoms with E-state index in [-0.39, 0.29) is 0 Å². The molecule has 1 aromatic heterocycles. The minimum atomic E-state index is 0.792. The number of nitrogens with one attached hydrogen (secondary N) is 1. The van der Waals surface area contributed by atoms with Gasteiger partial charge in [-0.25, -0.2) is 4.98 Å². The lowest BCUT2D eigenvalue weighted by atomic mass is 10.2. The Labute approximate surface area is 170 Å². The molecule has 6 heteroatoms. The zero-order valence-corrected chi connectivity index (χ0v) is 16.9. The summed E-state index contributed by atoms with van der Waals surface area (Å²) in [6.45, 7) is 4.49. The molecule has 4 rings (SSSR count). The molecule has 0 spiro atoms. The first-order valence-electron chi connectivity index (χ1n) is 9.61. The molecule has 1 fully saturated rings. The Balaban J connectivity index is 1.34. The molecule has 1 aliphatic heterocycles. The highest BCUT2D eigenvalue weighted by atomic mass is 32.1. The van der Waals surface area contributed by atoms with Crippen LogP contribution < -0.4 is 10.3 Å². The Morgan fingerprint density at radius 2 is 1.82 bits per heavy atom. The predicted octanol–water partition coefficient (Wildman–Crippen LogP) is 4.40. The van der Waals surface area contributed by atoms with E-state index in [0.717, 1.165) is 41.6 Å². The van der Waals surface area contributed by atoms with Gasteiger partial charge < -0.3 is 9.80 Å². The first-order valence-corrected chi connectivity index (χ1v) is 10.5. The van der Waals surface area contributed by atoms with Gasteiger partial charge in [-0.3, -0.25) is 5.43 Å². The molecule has 1 saturated heterocycles. The summed E-state index contributed by atoms with van der Waals surface area (Å²) in [5, 5.41) is 7.17. The number of hydrogen-bond acceptors (Lipinski definition) is 6. The van der Waals surface area contributed by atoms with E-state index in [1.807, 2.05) is 29.8 Å². The Kier molecular flexibility index (Phi) is 5.99. The first kappa shape index (κ1) is 18.7. The lowest BCUT2D eigenvalue weighted by Crippen LogP contribution is -2.28. The summed E-state index contributed by atoms with van der Waals surface area (Å²) in [7, 11) is 2.20. The van der Waals surface area contributed by atoms with Crippen LogP contribution in [0.5, 0.6) is 0 Å². The SMILES string of the molecule is CN1CCCN(c2ccc(C=NNc3nc(-c4ccccc4)cs3)cc2)CC1. The van der Waals surface area contributed by atoms with Gasteiger partial charge in [-0.2, -0.15) is 5.10 Å². The predicted molar refractivity (Wildman–Crippen MR) is 120 cm³/mol. The molecule has 0 amide bonds. The molecule has 0 aliphatic carbocycles. The Morgan fingerprint density at radius 1 is 1.00 bits per heavy atom. The van der Waals surface area contributed by atoms with Crippen LogP contribution in [-0.4, -0.2) is 49.3 Å². The molecule has 5 nitrogen and oxygen atoms in total. The summed E-state index contributed by atoms with van der Waals surface area (Å²) in [5.74, 6) is 0. The molecule has 1 aliphatic rings. The molecule has 3 aromatic rings. The summed E-state index contributed by atoms with van der Waals surface area (Å²) in [6.07, 6.45) is 3.05. The molecule has 2 aromatic carbocycles. The van der Waals surface area contributed by atoms with Crippen LogP contribution in [0.25, 0.3) is 11.3 Å². The quantitative estimate of drug-likeness (QED) is 0.517. The number of thiazole rings is 1. The standard InChI is InChI=1S/C22H25N5S/c1-26-12-5-13-27(15-14-26)20-10-8-18(9-11-20)16-23-25-22-24-21(17-28-22)19-6-3-2-4-7-19/h2-4,6-11,16-17H,5,12-15H2,1H3,(H,24,25). The van der Waals surface area contributed by atoms with Crippen molar-refractivity contribution in [3.8, 4) is 11.3 Å². The van der Waals surface area contributed by atoms with Crippen molar-refractivity contribution in [2.45, 2.75) is 6.42 Å². The van der Waals surface area contributed by atoms with Gasteiger partial charge >= 0.3 is 0 Å². The fourth-order valence-corrected chi connectivity index (χ4v) is 3.97. The monoisotopic (exact) mass is 391 g/mol. The molecule has 1 N–H and O–H groups in total. The van der Waals surface area contributed by atoms with Crippen molar-refractivity contribution in [2.24, 2.45) is 5.10 Å². The molecule has 0 unspecified atom stereocenters. The van der Waals surface area contributed by atoms with Crippen LogP contribution in [0.1, 0.15) is 12.0 Å². The van der Waals surface area contributed by atoms with Crippen LogP contribution in [-0.2, 0) is 0 Å². The lowest BCUT2D eigenvalue weighted by Gasteiger charge is -2.22. The van der Waals surface area contributed by atoms with Crippen LogP contribution in [0, 0.1) is 0 Å². The number of anilines is 2. The van der Waals surface area contributed by atoms with Crippen LogP contribution in [0.2, 0.25) is 0 Å². The van der Waals surface area contributed by atoms with E-state index >= 15 is 0 Å². The highest BCUT2D eigenvalue weighted by Gasteiger charge is 2.12. The minimum absolute atomic E-state index is 0.792. The topological polar surface area (TPSA) is 43.8 Å². The van der Waals surface area contributed by atoms with E-state index in [4.69, 9.17) is 0 Å². The fourth-order valence-electron chi connectivity index (χ4n) is 3.30. The summed E-state index contributed by atoms with van der Waals surface area (Å²) >= 11 is 1.56. The van der Waals surface area contributed by atoms with E-state index in [1.165, 1.54) is 18.7 Å². The molecule has 0 atom stereocenters. The van der Waals surface area contributed by atoms with E-state index in [9.17, 15) is 0 Å². The fraction of sp³-hybridized carbons (Fsp3) is 0.273. The third kappa shape index (κ3) is 4.77. The van der Waals surface area contributed by atoms with Gasteiger partial charge in [0.05, 0.1) is 11.9 Å². The van der Waals surface area contributed by atoms with Gasteiger partial charge in [0, 0.05) is 36.3 Å². The van der Waals surface area contributed by atoms with Gasteiger partial charge in [0.15, 0.2) is 0 Å². The molecular weight excluding hydrogens is 366 g/mol. The van der Waals surface area contributed by atoms with Crippen LogP contribution in [0.15, 0.2) is 65.1 Å². The van der Waals surface area contributed by atoms with Crippen molar-refractivity contribution in [1.29, 1.82) is 0 Å². The highest BCUT2D eigenvalue weighted by molar-refractivity contribution is 7.14. The summed E-state index contributed by atoms with van der Waals surface area (Å²) in [6, 6.07) is 18.8. The third-order valence-corrected chi connectivity index (χ3v) is 5.67. The van der Waals surface area contributed by atoms with E-state index in [2.05, 4.69) is 68.8 Å². The number of hydrazone groups is 1. The molecule has 0 bridgehead atoms. The number of nitrogens with zero attached hydrogens (tertiary/aromatic N) is 4. The van der Waals surface area contributed by atoms with Crippen molar-refractivity contribution in [1.82, 2.24) is 9.88 Å². The molecular formula is C22H25N5S. The molecule has 2 heterocycles. The van der Waals surface area contributed by atoms with Gasteiger partial charge in [0.1, 0.15) is 0 Å². The second-order valence-electron chi connectivity index (χ2n) is 7.01. The Bertz CT molecular complexity index is 904. The molecule has 144 valence electrons. The Morgan fingerprint density at radius 3 is 2.64 bits per heavy atom. The van der Waals surface area contributed by atoms with Crippen molar-refractivity contribution in [3.05, 3.63) is 65.5 Å². The molecule has 0 saturated carbocycles. The second kappa shape index (κ2) is 8.99. The van der Waals surface area contributed by atoms with Crippen LogP contribution in [0.4, 0.5) is 10.8 Å². The Hall–Kier alpha value is -2.70. The number of benzene rings is 2. The average Bonchev–Trinajstić information content (AvgIpc) is 3.10. The van der Waals surface area contributed by atoms with Gasteiger partial charge in [-0.05, 0) is 37.7 Å². The van der Waals surface area contributed by atoms with Gasteiger partial charge in [0.25, 0.3) is 0 Å². The number of likely N-dealkylation sites (N-methyl/N-ethyl adjacent to an activating group) is 1. The van der Waals surface area contributed by atoms with Crippen molar-refractivity contribution in [3.63, 3.8) is 0 Å². The zero-order chi connectivity index (χ0) is 19.2. The maximum Gasteiger partial charge on any atom is 0.203 e. The van der Waals surface area contributed by atoms with Crippen LogP contribution in [0.3, 0.4) is 0 Å². The third-order valence-electron chi connectivity index (χ3n) is 4.93. The number of hydrogen-bond donors (Lipinski definition) is 1. The zero-order valence-electron chi connectivity index (χ0n) is 16.1. The maximum absolute atomic E-state index is 4.58. The van der Waals surface area contributed by atoms with Crippen LogP contribution >= 0.6 is 11.3 Å². The lowest BCUT2D eigenvalue weighted by molar-refractivity contribution is 0.360. The smallest absolute Gasteiger partial charge is 0.203 e. The van der Waals surface area contributed by atoms with Gasteiger partial charge in [0.2, 0.25) is 5.13 Å². The van der Waals surface area contributed by atoms with E-state index in [0.29, 0.717) is 0 Å². The summed E-state index contributed by atoms with van der Waals surface area (Å²) < 4.78 is 0. The van der Waals surface area contributed by atoms with E-state index < -0.39 is 0 Å². The van der Waals surface area contributed by atoms with Crippen molar-refractivity contribution < 1.29 is 0 Å². The summed E-state index contributed by atoms with van der Waals surface area (Å²) in [4.78, 5) is 9.44. The minimum Gasteiger partial charge on any atom is -0.370 e. The van der Waals surface area contributed by atoms with Crippen molar-refractivity contribution >= 4 is 28.4 Å². The first-order chi connectivity index (χ1) is 13.8.